The molecule has 0 bridgehead atoms. The summed E-state index contributed by atoms with van der Waals surface area (Å²) in [5, 5.41) is 1.61. The van der Waals surface area contributed by atoms with E-state index in [2.05, 4.69) is 9.97 Å². The highest BCUT2D eigenvalue weighted by Crippen LogP contribution is 2.28. The van der Waals surface area contributed by atoms with Gasteiger partial charge in [0.05, 0.1) is 22.1 Å². The van der Waals surface area contributed by atoms with Crippen LogP contribution < -0.4 is 5.56 Å². The van der Waals surface area contributed by atoms with Crippen LogP contribution in [0.25, 0.3) is 27.5 Å². The van der Waals surface area contributed by atoms with Gasteiger partial charge in [-0.3, -0.25) is 14.3 Å². The van der Waals surface area contributed by atoms with Gasteiger partial charge in [-0.05, 0) is 60.2 Å². The molecule has 0 unspecified atom stereocenters. The number of pyridine rings is 1. The van der Waals surface area contributed by atoms with Crippen molar-refractivity contribution in [3.05, 3.63) is 107 Å². The van der Waals surface area contributed by atoms with Crippen molar-refractivity contribution in [1.82, 2.24) is 14.5 Å². The lowest BCUT2D eigenvalue weighted by molar-refractivity contribution is 0.626. The average molecular weight is 431 g/mol. The Morgan fingerprint density at radius 3 is 2.55 bits per heavy atom. The Morgan fingerprint density at radius 1 is 0.903 bits per heavy atom. The van der Waals surface area contributed by atoms with E-state index in [1.807, 2.05) is 12.1 Å². The highest BCUT2D eigenvalue weighted by molar-refractivity contribution is 7.98. The van der Waals surface area contributed by atoms with E-state index in [9.17, 15) is 13.6 Å². The van der Waals surface area contributed by atoms with E-state index in [0.717, 1.165) is 0 Å². The smallest absolute Gasteiger partial charge is 0.266 e. The molecule has 0 aliphatic rings. The van der Waals surface area contributed by atoms with Gasteiger partial charge in [0, 0.05) is 17.3 Å². The first-order valence-corrected chi connectivity index (χ1v) is 10.5. The van der Waals surface area contributed by atoms with Crippen LogP contribution in [0.1, 0.15) is 5.56 Å². The standard InChI is InChI=1S/C24H15F2N3OS/c25-17-7-9-19(10-8-17)29-23(30)20-5-1-2-6-21(20)28-24(29)31-14-16-13-18(26)12-15-4-3-11-27-22(15)16/h1-13H,14H2. The molecule has 3 aromatic carbocycles. The summed E-state index contributed by atoms with van der Waals surface area (Å²) in [5.74, 6) is -0.382. The van der Waals surface area contributed by atoms with Crippen molar-refractivity contribution in [3.8, 4) is 5.69 Å². The van der Waals surface area contributed by atoms with Gasteiger partial charge < -0.3 is 0 Å². The van der Waals surface area contributed by atoms with Gasteiger partial charge in [-0.2, -0.15) is 0 Å². The summed E-state index contributed by atoms with van der Waals surface area (Å²) in [6.45, 7) is 0. The summed E-state index contributed by atoms with van der Waals surface area (Å²) in [5.41, 5.74) is 2.23. The van der Waals surface area contributed by atoms with E-state index in [4.69, 9.17) is 0 Å². The van der Waals surface area contributed by atoms with Gasteiger partial charge in [0.25, 0.3) is 5.56 Å². The molecule has 5 aromatic rings. The molecule has 152 valence electrons. The van der Waals surface area contributed by atoms with Crippen LogP contribution in [0, 0.1) is 11.6 Å². The Hall–Kier alpha value is -3.58. The Bertz CT molecular complexity index is 1480. The van der Waals surface area contributed by atoms with Gasteiger partial charge in [-0.25, -0.2) is 13.8 Å². The molecule has 0 aliphatic heterocycles. The molecule has 0 saturated carbocycles. The zero-order chi connectivity index (χ0) is 21.4. The lowest BCUT2D eigenvalue weighted by atomic mass is 10.1. The lowest BCUT2D eigenvalue weighted by Crippen LogP contribution is -2.21. The van der Waals surface area contributed by atoms with Crippen molar-refractivity contribution in [3.63, 3.8) is 0 Å². The van der Waals surface area contributed by atoms with Crippen LogP contribution in [-0.2, 0) is 5.75 Å². The van der Waals surface area contributed by atoms with E-state index in [-0.39, 0.29) is 11.4 Å². The van der Waals surface area contributed by atoms with Crippen LogP contribution in [0.3, 0.4) is 0 Å². The predicted molar refractivity (Wildman–Crippen MR) is 119 cm³/mol. The maximum atomic E-state index is 14.1. The van der Waals surface area contributed by atoms with Crippen LogP contribution in [0.4, 0.5) is 8.78 Å². The van der Waals surface area contributed by atoms with Crippen molar-refractivity contribution >= 4 is 33.6 Å². The van der Waals surface area contributed by atoms with Gasteiger partial charge in [-0.1, -0.05) is 30.0 Å². The Labute approximate surface area is 180 Å². The minimum absolute atomic E-state index is 0.248. The fraction of sp³-hybridized carbons (Fsp3) is 0.0417. The quantitative estimate of drug-likeness (QED) is 0.278. The topological polar surface area (TPSA) is 47.8 Å². The third-order valence-corrected chi connectivity index (χ3v) is 5.92. The summed E-state index contributed by atoms with van der Waals surface area (Å²) < 4.78 is 29.1. The molecule has 0 aliphatic carbocycles. The molecule has 0 spiro atoms. The zero-order valence-corrected chi connectivity index (χ0v) is 16.9. The van der Waals surface area contributed by atoms with Crippen molar-refractivity contribution < 1.29 is 8.78 Å². The molecule has 0 radical (unpaired) electrons. The molecule has 0 amide bonds. The van der Waals surface area contributed by atoms with Crippen LogP contribution in [-0.4, -0.2) is 14.5 Å². The summed E-state index contributed by atoms with van der Waals surface area (Å²) in [6.07, 6.45) is 1.66. The van der Waals surface area contributed by atoms with Crippen molar-refractivity contribution in [2.24, 2.45) is 0 Å². The highest BCUT2D eigenvalue weighted by atomic mass is 32.2. The number of hydrogen-bond donors (Lipinski definition) is 0. The lowest BCUT2D eigenvalue weighted by Gasteiger charge is -2.14. The third-order valence-electron chi connectivity index (χ3n) is 4.94. The number of benzene rings is 3. The van der Waals surface area contributed by atoms with Crippen LogP contribution >= 0.6 is 11.8 Å². The maximum Gasteiger partial charge on any atom is 0.266 e. The molecule has 4 nitrogen and oxygen atoms in total. The highest BCUT2D eigenvalue weighted by Gasteiger charge is 2.15. The third kappa shape index (κ3) is 3.68. The van der Waals surface area contributed by atoms with Gasteiger partial charge in [0.2, 0.25) is 0 Å². The normalized spacial score (nSPS) is 11.3. The second-order valence-electron chi connectivity index (χ2n) is 6.96. The van der Waals surface area contributed by atoms with E-state index in [1.54, 1.807) is 30.5 Å². The first kappa shape index (κ1) is 19.4. The fourth-order valence-corrected chi connectivity index (χ4v) is 4.49. The maximum absolute atomic E-state index is 14.1. The summed E-state index contributed by atoms with van der Waals surface area (Å²) in [6, 6.07) is 19.2. The molecule has 7 heteroatoms. The van der Waals surface area contributed by atoms with Crippen molar-refractivity contribution in [1.29, 1.82) is 0 Å². The van der Waals surface area contributed by atoms with Gasteiger partial charge in [0.1, 0.15) is 11.6 Å². The Kier molecular flexibility index (Phi) is 4.95. The van der Waals surface area contributed by atoms with E-state index in [1.165, 1.54) is 52.7 Å². The van der Waals surface area contributed by atoms with E-state index in [0.29, 0.717) is 44.0 Å². The largest absolute Gasteiger partial charge is 0.268 e. The van der Waals surface area contributed by atoms with Crippen molar-refractivity contribution in [2.45, 2.75) is 10.9 Å². The first-order valence-electron chi connectivity index (χ1n) is 9.54. The number of thioether (sulfide) groups is 1. The number of fused-ring (bicyclic) bond motifs is 2. The molecule has 31 heavy (non-hydrogen) atoms. The SMILES string of the molecule is O=c1c2ccccc2nc(SCc2cc(F)cc3cccnc23)n1-c1ccc(F)cc1. The average Bonchev–Trinajstić information content (AvgIpc) is 2.78. The summed E-state index contributed by atoms with van der Waals surface area (Å²) in [7, 11) is 0. The molecule has 2 heterocycles. The van der Waals surface area contributed by atoms with Gasteiger partial charge >= 0.3 is 0 Å². The molecular weight excluding hydrogens is 416 g/mol. The van der Waals surface area contributed by atoms with Crippen LogP contribution in [0.5, 0.6) is 0 Å². The molecule has 0 N–H and O–H groups in total. The molecule has 0 saturated heterocycles. The molecule has 0 fully saturated rings. The number of halogens is 2. The summed E-state index contributed by atoms with van der Waals surface area (Å²) >= 11 is 1.30. The van der Waals surface area contributed by atoms with Gasteiger partial charge in [0.15, 0.2) is 5.16 Å². The van der Waals surface area contributed by atoms with Crippen molar-refractivity contribution in [2.75, 3.05) is 0 Å². The van der Waals surface area contributed by atoms with E-state index >= 15 is 0 Å². The molecular formula is C24H15F2N3OS. The molecule has 0 atom stereocenters. The minimum atomic E-state index is -0.392. The summed E-state index contributed by atoms with van der Waals surface area (Å²) in [4.78, 5) is 22.3. The Balaban J connectivity index is 1.64. The number of nitrogens with zero attached hydrogens (tertiary/aromatic N) is 3. The number of hydrogen-bond acceptors (Lipinski definition) is 4. The number of para-hydroxylation sites is 1. The predicted octanol–water partition coefficient (Wildman–Crippen LogP) is 5.50. The van der Waals surface area contributed by atoms with Crippen LogP contribution in [0.2, 0.25) is 0 Å². The zero-order valence-electron chi connectivity index (χ0n) is 16.1. The second kappa shape index (κ2) is 7.92. The molecule has 2 aromatic heterocycles. The second-order valence-corrected chi connectivity index (χ2v) is 7.90. The van der Waals surface area contributed by atoms with E-state index < -0.39 is 5.82 Å². The number of rotatable bonds is 4. The fourth-order valence-electron chi connectivity index (χ4n) is 3.51. The minimum Gasteiger partial charge on any atom is -0.268 e. The first-order chi connectivity index (χ1) is 15.1. The monoisotopic (exact) mass is 431 g/mol. The molecule has 5 rings (SSSR count). The van der Waals surface area contributed by atoms with Gasteiger partial charge in [-0.15, -0.1) is 0 Å². The Morgan fingerprint density at radius 2 is 1.71 bits per heavy atom. The van der Waals surface area contributed by atoms with Crippen LogP contribution in [0.15, 0.2) is 88.9 Å². The number of aromatic nitrogens is 3.